The van der Waals surface area contributed by atoms with E-state index in [2.05, 4.69) is 21.6 Å². The van der Waals surface area contributed by atoms with Crippen LogP contribution in [0.5, 0.6) is 0 Å². The van der Waals surface area contributed by atoms with Crippen molar-refractivity contribution in [2.75, 3.05) is 16.8 Å². The first kappa shape index (κ1) is 22.0. The monoisotopic (exact) mass is 468 g/mol. The lowest BCUT2D eigenvalue weighted by atomic mass is 10.0. The summed E-state index contributed by atoms with van der Waals surface area (Å²) >= 11 is 1.33. The second-order valence-corrected chi connectivity index (χ2v) is 9.60. The van der Waals surface area contributed by atoms with Crippen LogP contribution in [-0.4, -0.2) is 28.6 Å². The Bertz CT molecular complexity index is 1330. The zero-order valence-electron chi connectivity index (χ0n) is 19.0. The average Bonchev–Trinajstić information content (AvgIpc) is 3.45. The van der Waals surface area contributed by atoms with Gasteiger partial charge in [-0.3, -0.25) is 14.9 Å². The molecule has 1 aromatic heterocycles. The van der Waals surface area contributed by atoms with Gasteiger partial charge < -0.3 is 4.90 Å². The van der Waals surface area contributed by atoms with Gasteiger partial charge in [0.15, 0.2) is 0 Å². The van der Waals surface area contributed by atoms with E-state index in [1.165, 1.54) is 11.3 Å². The number of benzene rings is 3. The topological polar surface area (TPSA) is 75.2 Å². The molecule has 3 aromatic carbocycles. The van der Waals surface area contributed by atoms with Crippen molar-refractivity contribution in [3.63, 3.8) is 0 Å². The Labute approximate surface area is 202 Å². The molecule has 1 atom stereocenters. The molecule has 170 valence electrons. The summed E-state index contributed by atoms with van der Waals surface area (Å²) in [5.41, 5.74) is 5.88. The first-order chi connectivity index (χ1) is 16.5. The van der Waals surface area contributed by atoms with Gasteiger partial charge in [0.2, 0.25) is 11.0 Å². The van der Waals surface area contributed by atoms with E-state index in [0.717, 1.165) is 32.9 Å². The number of nitrogens with zero attached hydrogens (tertiary/aromatic N) is 3. The molecule has 0 bridgehead atoms. The number of rotatable bonds is 5. The highest BCUT2D eigenvalue weighted by atomic mass is 32.1. The minimum absolute atomic E-state index is 0.0402. The lowest BCUT2D eigenvalue weighted by Gasteiger charge is -2.17. The standard InChI is InChI=1S/C27H24N4O2S/c1-17-12-18(2)14-23(13-17)31-16-22(15-24(31)32)26-29-30-27(34-26)28-25(33)21-10-8-20(9-11-21)19-6-4-3-5-7-19/h3-14,22H,15-16H2,1-2H3,(H,28,30,33). The normalized spacial score (nSPS) is 15.5. The third kappa shape index (κ3) is 4.61. The quantitative estimate of drug-likeness (QED) is 0.414. The van der Waals surface area contributed by atoms with E-state index < -0.39 is 0 Å². The van der Waals surface area contributed by atoms with Crippen molar-refractivity contribution in [3.8, 4) is 11.1 Å². The van der Waals surface area contributed by atoms with E-state index in [9.17, 15) is 9.59 Å². The van der Waals surface area contributed by atoms with Gasteiger partial charge in [-0.1, -0.05) is 59.9 Å². The molecule has 0 radical (unpaired) electrons. The van der Waals surface area contributed by atoms with Crippen LogP contribution in [0.4, 0.5) is 10.8 Å². The number of carbonyl (C=O) groups is 2. The van der Waals surface area contributed by atoms with Crippen LogP contribution in [0.1, 0.15) is 38.8 Å². The van der Waals surface area contributed by atoms with Crippen molar-refractivity contribution in [2.24, 2.45) is 0 Å². The van der Waals surface area contributed by atoms with Gasteiger partial charge in [-0.25, -0.2) is 0 Å². The van der Waals surface area contributed by atoms with Gasteiger partial charge in [0.25, 0.3) is 5.91 Å². The fraction of sp³-hybridized carbons (Fsp3) is 0.185. The zero-order chi connectivity index (χ0) is 23.7. The summed E-state index contributed by atoms with van der Waals surface area (Å²) < 4.78 is 0. The molecule has 1 N–H and O–H groups in total. The summed E-state index contributed by atoms with van der Waals surface area (Å²) in [6.45, 7) is 4.62. The molecule has 4 aromatic rings. The van der Waals surface area contributed by atoms with Crippen LogP contribution in [0.25, 0.3) is 11.1 Å². The number of aromatic nitrogens is 2. The first-order valence-corrected chi connectivity index (χ1v) is 12.0. The molecule has 34 heavy (non-hydrogen) atoms. The highest BCUT2D eigenvalue weighted by Crippen LogP contribution is 2.35. The number of hydrogen-bond donors (Lipinski definition) is 1. The van der Waals surface area contributed by atoms with Crippen molar-refractivity contribution in [1.82, 2.24) is 10.2 Å². The van der Waals surface area contributed by atoms with Gasteiger partial charge in [0.1, 0.15) is 5.01 Å². The number of nitrogens with one attached hydrogen (secondary N) is 1. The number of anilines is 2. The maximum absolute atomic E-state index is 12.7. The van der Waals surface area contributed by atoms with Crippen LogP contribution >= 0.6 is 11.3 Å². The van der Waals surface area contributed by atoms with Crippen molar-refractivity contribution in [3.05, 3.63) is 94.5 Å². The van der Waals surface area contributed by atoms with Crippen LogP contribution in [0, 0.1) is 13.8 Å². The van der Waals surface area contributed by atoms with Gasteiger partial charge >= 0.3 is 0 Å². The fourth-order valence-corrected chi connectivity index (χ4v) is 5.12. The minimum Gasteiger partial charge on any atom is -0.312 e. The second-order valence-electron chi connectivity index (χ2n) is 8.59. The Morgan fingerprint density at radius 2 is 1.62 bits per heavy atom. The van der Waals surface area contributed by atoms with Gasteiger partial charge in [0.05, 0.1) is 0 Å². The predicted octanol–water partition coefficient (Wildman–Crippen LogP) is 5.59. The fourth-order valence-electron chi connectivity index (χ4n) is 4.29. The van der Waals surface area contributed by atoms with E-state index in [-0.39, 0.29) is 17.7 Å². The van der Waals surface area contributed by atoms with E-state index >= 15 is 0 Å². The van der Waals surface area contributed by atoms with E-state index in [4.69, 9.17) is 0 Å². The van der Waals surface area contributed by atoms with Crippen LogP contribution < -0.4 is 10.2 Å². The summed E-state index contributed by atoms with van der Waals surface area (Å²) in [6.07, 6.45) is 0.385. The highest BCUT2D eigenvalue weighted by molar-refractivity contribution is 7.15. The molecular formula is C27H24N4O2S. The maximum atomic E-state index is 12.7. The van der Waals surface area contributed by atoms with Crippen LogP contribution in [0.3, 0.4) is 0 Å². The number of aryl methyl sites for hydroxylation is 2. The minimum atomic E-state index is -0.235. The molecule has 1 saturated heterocycles. The summed E-state index contributed by atoms with van der Waals surface area (Å²) in [7, 11) is 0. The van der Waals surface area contributed by atoms with Crippen molar-refractivity contribution >= 4 is 34.0 Å². The van der Waals surface area contributed by atoms with E-state index in [0.29, 0.717) is 23.7 Å². The zero-order valence-corrected chi connectivity index (χ0v) is 19.8. The molecule has 2 heterocycles. The van der Waals surface area contributed by atoms with Gasteiger partial charge in [-0.05, 0) is 60.4 Å². The number of amides is 2. The number of carbonyl (C=O) groups excluding carboxylic acids is 2. The smallest absolute Gasteiger partial charge is 0.257 e. The molecule has 0 aliphatic carbocycles. The highest BCUT2D eigenvalue weighted by Gasteiger charge is 2.34. The Hall–Kier alpha value is -3.84. The van der Waals surface area contributed by atoms with Crippen molar-refractivity contribution in [1.29, 1.82) is 0 Å². The molecule has 0 saturated carbocycles. The Kier molecular flexibility index (Phi) is 5.94. The predicted molar refractivity (Wildman–Crippen MR) is 135 cm³/mol. The lowest BCUT2D eigenvalue weighted by Crippen LogP contribution is -2.24. The molecule has 0 spiro atoms. The molecule has 5 rings (SSSR count). The summed E-state index contributed by atoms with van der Waals surface area (Å²) in [5.74, 6) is -0.197. The Balaban J connectivity index is 1.25. The van der Waals surface area contributed by atoms with Gasteiger partial charge in [-0.2, -0.15) is 0 Å². The first-order valence-electron chi connectivity index (χ1n) is 11.1. The Morgan fingerprint density at radius 3 is 2.32 bits per heavy atom. The molecule has 1 fully saturated rings. The molecular weight excluding hydrogens is 444 g/mol. The van der Waals surface area contributed by atoms with Crippen LogP contribution in [0.15, 0.2) is 72.8 Å². The molecule has 1 aliphatic rings. The van der Waals surface area contributed by atoms with Crippen LogP contribution in [-0.2, 0) is 4.79 Å². The van der Waals surface area contributed by atoms with E-state index in [1.54, 1.807) is 12.1 Å². The molecule has 1 aliphatic heterocycles. The van der Waals surface area contributed by atoms with Gasteiger partial charge in [0, 0.05) is 30.1 Å². The molecule has 2 amide bonds. The molecule has 6 nitrogen and oxygen atoms in total. The summed E-state index contributed by atoms with van der Waals surface area (Å²) in [4.78, 5) is 27.2. The average molecular weight is 469 g/mol. The molecule has 1 unspecified atom stereocenters. The maximum Gasteiger partial charge on any atom is 0.257 e. The van der Waals surface area contributed by atoms with Crippen molar-refractivity contribution < 1.29 is 9.59 Å². The summed E-state index contributed by atoms with van der Waals surface area (Å²) in [6, 6.07) is 23.6. The lowest BCUT2D eigenvalue weighted by molar-refractivity contribution is -0.117. The largest absolute Gasteiger partial charge is 0.312 e. The molecule has 7 heteroatoms. The second kappa shape index (κ2) is 9.19. The van der Waals surface area contributed by atoms with Crippen molar-refractivity contribution in [2.45, 2.75) is 26.2 Å². The SMILES string of the molecule is Cc1cc(C)cc(N2CC(c3nnc(NC(=O)c4ccc(-c5ccccc5)cc4)s3)CC2=O)c1. The van der Waals surface area contributed by atoms with Crippen LogP contribution in [0.2, 0.25) is 0 Å². The third-order valence-corrected chi connectivity index (χ3v) is 6.91. The van der Waals surface area contributed by atoms with E-state index in [1.807, 2.05) is 73.3 Å². The number of hydrogen-bond acceptors (Lipinski definition) is 5. The Morgan fingerprint density at radius 1 is 0.941 bits per heavy atom. The van der Waals surface area contributed by atoms with Gasteiger partial charge in [-0.15, -0.1) is 10.2 Å². The summed E-state index contributed by atoms with van der Waals surface area (Å²) in [5, 5.41) is 12.5. The third-order valence-electron chi connectivity index (χ3n) is 5.91.